The third kappa shape index (κ3) is 4.91. The molecule has 1 rings (SSSR count). The smallest absolute Gasteiger partial charge is 0.211 e. The Morgan fingerprint density at radius 1 is 1.35 bits per heavy atom. The van der Waals surface area contributed by atoms with E-state index in [0.29, 0.717) is 6.54 Å². The van der Waals surface area contributed by atoms with Gasteiger partial charge in [0, 0.05) is 45.3 Å². The van der Waals surface area contributed by atoms with Crippen molar-refractivity contribution in [1.29, 1.82) is 0 Å². The van der Waals surface area contributed by atoms with E-state index in [-0.39, 0.29) is 6.04 Å². The van der Waals surface area contributed by atoms with Crippen LogP contribution in [-0.2, 0) is 10.0 Å². The second kappa shape index (κ2) is 6.68. The molecule has 0 saturated carbocycles. The Balaban J connectivity index is 2.49. The van der Waals surface area contributed by atoms with Crippen LogP contribution in [0.5, 0.6) is 0 Å². The van der Waals surface area contributed by atoms with Crippen LogP contribution in [0.3, 0.4) is 0 Å². The number of rotatable bonds is 6. The van der Waals surface area contributed by atoms with Crippen molar-refractivity contribution in [2.24, 2.45) is 0 Å². The molecule has 5 nitrogen and oxygen atoms in total. The predicted molar refractivity (Wildman–Crippen MR) is 70.6 cm³/mol. The molecule has 0 bridgehead atoms. The van der Waals surface area contributed by atoms with Crippen molar-refractivity contribution >= 4 is 10.0 Å². The van der Waals surface area contributed by atoms with Crippen LogP contribution < -0.4 is 5.32 Å². The molecule has 1 saturated heterocycles. The van der Waals surface area contributed by atoms with Crippen molar-refractivity contribution in [1.82, 2.24) is 14.5 Å². The first-order chi connectivity index (χ1) is 7.95. The van der Waals surface area contributed by atoms with Crippen LogP contribution >= 0.6 is 0 Å². The van der Waals surface area contributed by atoms with Gasteiger partial charge in [0.05, 0.1) is 6.26 Å². The second-order valence-corrected chi connectivity index (χ2v) is 6.66. The Morgan fingerprint density at radius 2 is 1.94 bits per heavy atom. The van der Waals surface area contributed by atoms with Gasteiger partial charge in [0.1, 0.15) is 0 Å². The Bertz CT molecular complexity index is 313. The van der Waals surface area contributed by atoms with Crippen LogP contribution in [0.15, 0.2) is 0 Å². The highest BCUT2D eigenvalue weighted by Gasteiger charge is 2.22. The van der Waals surface area contributed by atoms with Gasteiger partial charge < -0.3 is 5.32 Å². The average Bonchev–Trinajstić information content (AvgIpc) is 2.28. The summed E-state index contributed by atoms with van der Waals surface area (Å²) in [5, 5.41) is 3.29. The monoisotopic (exact) mass is 263 g/mol. The first kappa shape index (κ1) is 14.9. The second-order valence-electron chi connectivity index (χ2n) is 4.72. The van der Waals surface area contributed by atoms with Crippen LogP contribution in [0.2, 0.25) is 0 Å². The van der Waals surface area contributed by atoms with Gasteiger partial charge in [-0.2, -0.15) is 4.31 Å². The van der Waals surface area contributed by atoms with Crippen molar-refractivity contribution < 1.29 is 8.42 Å². The predicted octanol–water partition coefficient (Wildman–Crippen LogP) is -0.0483. The molecule has 6 heteroatoms. The number of nitrogens with zero attached hydrogens (tertiary/aromatic N) is 2. The van der Waals surface area contributed by atoms with Gasteiger partial charge in [0.15, 0.2) is 0 Å². The standard InChI is InChI=1S/C11H25N3O2S/c1-4-11(2)14(17(3,15)16)10-9-13-7-5-12-6-8-13/h11-12H,4-10H2,1-3H3. The van der Waals surface area contributed by atoms with Gasteiger partial charge >= 0.3 is 0 Å². The minimum Gasteiger partial charge on any atom is -0.314 e. The largest absolute Gasteiger partial charge is 0.314 e. The third-order valence-corrected chi connectivity index (χ3v) is 4.75. The lowest BCUT2D eigenvalue weighted by atomic mass is 10.2. The minimum absolute atomic E-state index is 0.0907. The van der Waals surface area contributed by atoms with Gasteiger partial charge in [-0.05, 0) is 13.3 Å². The van der Waals surface area contributed by atoms with Crippen molar-refractivity contribution in [2.75, 3.05) is 45.5 Å². The normalized spacial score (nSPS) is 20.7. The Morgan fingerprint density at radius 3 is 2.41 bits per heavy atom. The summed E-state index contributed by atoms with van der Waals surface area (Å²) in [6, 6.07) is 0.0907. The molecule has 1 unspecified atom stereocenters. The molecule has 1 aliphatic rings. The lowest BCUT2D eigenvalue weighted by Gasteiger charge is -2.31. The number of hydrogen-bond donors (Lipinski definition) is 1. The summed E-state index contributed by atoms with van der Waals surface area (Å²) in [6.45, 7) is 9.46. The molecule has 0 aliphatic carbocycles. The highest BCUT2D eigenvalue weighted by molar-refractivity contribution is 7.88. The first-order valence-corrected chi connectivity index (χ1v) is 8.20. The fourth-order valence-electron chi connectivity index (χ4n) is 2.09. The molecule has 1 N–H and O–H groups in total. The van der Waals surface area contributed by atoms with Gasteiger partial charge in [0.25, 0.3) is 0 Å². The molecular weight excluding hydrogens is 238 g/mol. The molecule has 17 heavy (non-hydrogen) atoms. The number of sulfonamides is 1. The molecule has 0 aromatic rings. The van der Waals surface area contributed by atoms with E-state index in [1.807, 2.05) is 13.8 Å². The maximum absolute atomic E-state index is 11.7. The number of piperazine rings is 1. The fourth-order valence-corrected chi connectivity index (χ4v) is 3.31. The molecule has 102 valence electrons. The molecular formula is C11H25N3O2S. The van der Waals surface area contributed by atoms with E-state index in [0.717, 1.165) is 39.1 Å². The molecule has 1 aliphatic heterocycles. The summed E-state index contributed by atoms with van der Waals surface area (Å²) in [7, 11) is -3.09. The maximum atomic E-state index is 11.7. The van der Waals surface area contributed by atoms with Gasteiger partial charge in [-0.25, -0.2) is 8.42 Å². The van der Waals surface area contributed by atoms with Gasteiger partial charge in [-0.1, -0.05) is 6.92 Å². The molecule has 1 atom stereocenters. The van der Waals surface area contributed by atoms with E-state index >= 15 is 0 Å². The van der Waals surface area contributed by atoms with Gasteiger partial charge in [-0.15, -0.1) is 0 Å². The van der Waals surface area contributed by atoms with E-state index in [1.165, 1.54) is 6.26 Å². The van der Waals surface area contributed by atoms with Crippen LogP contribution in [0.4, 0.5) is 0 Å². The zero-order valence-electron chi connectivity index (χ0n) is 11.1. The molecule has 0 aromatic heterocycles. The number of hydrogen-bond acceptors (Lipinski definition) is 4. The summed E-state index contributed by atoms with van der Waals surface area (Å²) < 4.78 is 25.0. The van der Waals surface area contributed by atoms with Gasteiger partial charge in [0.2, 0.25) is 10.0 Å². The highest BCUT2D eigenvalue weighted by atomic mass is 32.2. The van der Waals surface area contributed by atoms with Crippen LogP contribution in [-0.4, -0.2) is 69.2 Å². The molecule has 1 fully saturated rings. The van der Waals surface area contributed by atoms with Crippen molar-refractivity contribution in [3.05, 3.63) is 0 Å². The van der Waals surface area contributed by atoms with Crippen molar-refractivity contribution in [3.63, 3.8) is 0 Å². The number of nitrogens with one attached hydrogen (secondary N) is 1. The fraction of sp³-hybridized carbons (Fsp3) is 1.00. The Labute approximate surface area is 105 Å². The minimum atomic E-state index is -3.09. The van der Waals surface area contributed by atoms with Crippen LogP contribution in [0, 0.1) is 0 Å². The molecule has 0 spiro atoms. The zero-order chi connectivity index (χ0) is 12.9. The average molecular weight is 263 g/mol. The van der Waals surface area contributed by atoms with Crippen molar-refractivity contribution in [2.45, 2.75) is 26.3 Å². The van der Waals surface area contributed by atoms with Crippen LogP contribution in [0.1, 0.15) is 20.3 Å². The van der Waals surface area contributed by atoms with E-state index in [4.69, 9.17) is 0 Å². The summed E-state index contributed by atoms with van der Waals surface area (Å²) >= 11 is 0. The Kier molecular flexibility index (Phi) is 5.85. The highest BCUT2D eigenvalue weighted by Crippen LogP contribution is 2.09. The van der Waals surface area contributed by atoms with E-state index in [1.54, 1.807) is 4.31 Å². The maximum Gasteiger partial charge on any atom is 0.211 e. The Hall–Kier alpha value is -0.170. The van der Waals surface area contributed by atoms with Crippen LogP contribution in [0.25, 0.3) is 0 Å². The molecule has 1 heterocycles. The summed E-state index contributed by atoms with van der Waals surface area (Å²) in [5.41, 5.74) is 0. The van der Waals surface area contributed by atoms with E-state index < -0.39 is 10.0 Å². The van der Waals surface area contributed by atoms with Gasteiger partial charge in [-0.3, -0.25) is 4.90 Å². The lowest BCUT2D eigenvalue weighted by Crippen LogP contribution is -2.48. The topological polar surface area (TPSA) is 52.6 Å². The molecule has 0 radical (unpaired) electrons. The third-order valence-electron chi connectivity index (χ3n) is 3.35. The lowest BCUT2D eigenvalue weighted by molar-refractivity contribution is 0.211. The molecule has 0 aromatic carbocycles. The van der Waals surface area contributed by atoms with Crippen molar-refractivity contribution in [3.8, 4) is 0 Å². The van der Waals surface area contributed by atoms with E-state index in [9.17, 15) is 8.42 Å². The van der Waals surface area contributed by atoms with E-state index in [2.05, 4.69) is 10.2 Å². The first-order valence-electron chi connectivity index (χ1n) is 6.35. The molecule has 0 amide bonds. The quantitative estimate of drug-likeness (QED) is 0.730. The summed E-state index contributed by atoms with van der Waals surface area (Å²) in [4.78, 5) is 2.32. The summed E-state index contributed by atoms with van der Waals surface area (Å²) in [5.74, 6) is 0. The SMILES string of the molecule is CCC(C)N(CCN1CCNCC1)S(C)(=O)=O. The zero-order valence-corrected chi connectivity index (χ0v) is 12.0. The summed E-state index contributed by atoms with van der Waals surface area (Å²) in [6.07, 6.45) is 2.16.